The third-order valence-electron chi connectivity index (χ3n) is 4.52. The predicted molar refractivity (Wildman–Crippen MR) is 117 cm³/mol. The third kappa shape index (κ3) is 7.46. The van der Waals surface area contributed by atoms with Crippen LogP contribution in [0, 0.1) is 0 Å². The number of amides is 2. The van der Waals surface area contributed by atoms with E-state index in [0.29, 0.717) is 32.0 Å². The van der Waals surface area contributed by atoms with Crippen LogP contribution in [0.25, 0.3) is 0 Å². The van der Waals surface area contributed by atoms with Crippen LogP contribution in [-0.4, -0.2) is 83.1 Å². The lowest BCUT2D eigenvalue weighted by molar-refractivity contribution is -0.137. The number of hydrogen-bond donors (Lipinski definition) is 2. The summed E-state index contributed by atoms with van der Waals surface area (Å²) in [5.74, 6) is -1.81. The molecule has 2 amide bonds. The number of nitrogens with zero attached hydrogens (tertiary/aromatic N) is 2. The number of carbonyl (C=O) groups is 3. The van der Waals surface area contributed by atoms with Crippen molar-refractivity contribution >= 4 is 33.5 Å². The van der Waals surface area contributed by atoms with Gasteiger partial charge in [0.25, 0.3) is 5.91 Å². The lowest BCUT2D eigenvalue weighted by Gasteiger charge is -2.30. The van der Waals surface area contributed by atoms with Crippen LogP contribution in [0.4, 0.5) is 5.69 Å². The van der Waals surface area contributed by atoms with E-state index in [2.05, 4.69) is 5.32 Å². The van der Waals surface area contributed by atoms with Crippen molar-refractivity contribution in [3.8, 4) is 0 Å². The minimum atomic E-state index is -4.05. The summed E-state index contributed by atoms with van der Waals surface area (Å²) < 4.78 is 33.9. The van der Waals surface area contributed by atoms with E-state index < -0.39 is 34.0 Å². The predicted octanol–water partition coefficient (Wildman–Crippen LogP) is -0.299. The highest BCUT2D eigenvalue weighted by atomic mass is 32.2. The van der Waals surface area contributed by atoms with Crippen LogP contribution in [0.3, 0.4) is 0 Å². The standard InChI is InChI=1S/C20H30N4O7S/c1-20(2,3)22-17(25)12-23(4)18(26)13-31-19(27)15-11-14(32(21,28)29)5-6-16(15)24-7-9-30-10-8-24/h5-6,11H,7-10,12-13H2,1-4H3,(H,22,25)(H2,21,28,29). The van der Waals surface area contributed by atoms with Gasteiger partial charge in [0.1, 0.15) is 0 Å². The maximum Gasteiger partial charge on any atom is 0.340 e. The summed E-state index contributed by atoms with van der Waals surface area (Å²) in [5, 5.41) is 7.93. The molecule has 0 radical (unpaired) electrons. The van der Waals surface area contributed by atoms with Crippen molar-refractivity contribution in [2.45, 2.75) is 31.2 Å². The molecule has 3 N–H and O–H groups in total. The molecule has 0 aromatic heterocycles. The molecule has 1 aromatic rings. The molecule has 0 atom stereocenters. The molecule has 1 aliphatic heterocycles. The summed E-state index contributed by atoms with van der Waals surface area (Å²) >= 11 is 0. The molecule has 0 aliphatic carbocycles. The number of morpholine rings is 1. The van der Waals surface area contributed by atoms with Crippen LogP contribution in [0.5, 0.6) is 0 Å². The second kappa shape index (κ2) is 10.3. The van der Waals surface area contributed by atoms with Gasteiger partial charge in [-0.3, -0.25) is 9.59 Å². The molecule has 2 rings (SSSR count). The van der Waals surface area contributed by atoms with E-state index in [-0.39, 0.29) is 22.9 Å². The second-order valence-corrected chi connectivity index (χ2v) is 10.0. The zero-order valence-electron chi connectivity index (χ0n) is 18.7. The number of benzene rings is 1. The fourth-order valence-electron chi connectivity index (χ4n) is 3.01. The summed E-state index contributed by atoms with van der Waals surface area (Å²) in [6.07, 6.45) is 0. The summed E-state index contributed by atoms with van der Waals surface area (Å²) in [6, 6.07) is 3.92. The summed E-state index contributed by atoms with van der Waals surface area (Å²) in [6.45, 7) is 6.53. The molecule has 1 aliphatic rings. The first-order valence-electron chi connectivity index (χ1n) is 9.99. The Morgan fingerprint density at radius 2 is 1.84 bits per heavy atom. The molecular formula is C20H30N4O7S. The number of nitrogens with one attached hydrogen (secondary N) is 1. The highest BCUT2D eigenvalue weighted by Crippen LogP contribution is 2.25. The van der Waals surface area contributed by atoms with E-state index in [4.69, 9.17) is 14.6 Å². The van der Waals surface area contributed by atoms with Crippen LogP contribution < -0.4 is 15.4 Å². The number of likely N-dealkylation sites (N-methyl/N-ethyl adjacent to an activating group) is 1. The van der Waals surface area contributed by atoms with Gasteiger partial charge in [-0.1, -0.05) is 0 Å². The van der Waals surface area contributed by atoms with Gasteiger partial charge in [0.2, 0.25) is 15.9 Å². The van der Waals surface area contributed by atoms with Crippen LogP contribution in [-0.2, 0) is 29.1 Å². The number of primary sulfonamides is 1. The highest BCUT2D eigenvalue weighted by molar-refractivity contribution is 7.89. The molecule has 0 bridgehead atoms. The van der Waals surface area contributed by atoms with E-state index in [1.54, 1.807) is 0 Å². The van der Waals surface area contributed by atoms with Crippen LogP contribution in [0.2, 0.25) is 0 Å². The first kappa shape index (κ1) is 25.6. The molecule has 32 heavy (non-hydrogen) atoms. The SMILES string of the molecule is CN(CC(=O)NC(C)(C)C)C(=O)COC(=O)c1cc(S(N)(=O)=O)ccc1N1CCOCC1. The minimum absolute atomic E-state index is 0.0284. The van der Waals surface area contributed by atoms with Gasteiger partial charge in [0.05, 0.1) is 35.9 Å². The number of nitrogens with two attached hydrogens (primary N) is 1. The molecule has 0 spiro atoms. The van der Waals surface area contributed by atoms with Crippen molar-refractivity contribution in [2.24, 2.45) is 5.14 Å². The second-order valence-electron chi connectivity index (χ2n) is 8.45. The Bertz CT molecular complexity index is 967. The van der Waals surface area contributed by atoms with Crippen molar-refractivity contribution in [1.82, 2.24) is 10.2 Å². The maximum absolute atomic E-state index is 12.8. The van der Waals surface area contributed by atoms with Gasteiger partial charge in [-0.15, -0.1) is 0 Å². The van der Waals surface area contributed by atoms with E-state index in [1.807, 2.05) is 25.7 Å². The lowest BCUT2D eigenvalue weighted by Crippen LogP contribution is -2.46. The van der Waals surface area contributed by atoms with Gasteiger partial charge in [-0.25, -0.2) is 18.4 Å². The van der Waals surface area contributed by atoms with Gasteiger partial charge < -0.3 is 24.6 Å². The summed E-state index contributed by atoms with van der Waals surface area (Å²) in [5.41, 5.74) is -0.0204. The van der Waals surface area contributed by atoms with E-state index in [9.17, 15) is 22.8 Å². The Morgan fingerprint density at radius 1 is 1.22 bits per heavy atom. The zero-order chi connectivity index (χ0) is 24.1. The number of hydrogen-bond acceptors (Lipinski definition) is 8. The van der Waals surface area contributed by atoms with Crippen LogP contribution in [0.15, 0.2) is 23.1 Å². The number of esters is 1. The average molecular weight is 471 g/mol. The van der Waals surface area contributed by atoms with Crippen LogP contribution in [0.1, 0.15) is 31.1 Å². The first-order valence-corrected chi connectivity index (χ1v) is 11.5. The summed E-state index contributed by atoms with van der Waals surface area (Å²) in [4.78, 5) is 39.8. The lowest BCUT2D eigenvalue weighted by atomic mass is 10.1. The molecule has 12 heteroatoms. The third-order valence-corrected chi connectivity index (χ3v) is 5.43. The van der Waals surface area contributed by atoms with Crippen molar-refractivity contribution < 1.29 is 32.3 Å². The topological polar surface area (TPSA) is 148 Å². The van der Waals surface area contributed by atoms with Gasteiger partial charge in [0.15, 0.2) is 6.61 Å². The van der Waals surface area contributed by atoms with E-state index >= 15 is 0 Å². The smallest absolute Gasteiger partial charge is 0.340 e. The largest absolute Gasteiger partial charge is 0.452 e. The van der Waals surface area contributed by atoms with E-state index in [1.165, 1.54) is 19.2 Å². The fourth-order valence-corrected chi connectivity index (χ4v) is 3.55. The van der Waals surface area contributed by atoms with Gasteiger partial charge >= 0.3 is 5.97 Å². The van der Waals surface area contributed by atoms with Crippen LogP contribution >= 0.6 is 0 Å². The quantitative estimate of drug-likeness (QED) is 0.516. The molecule has 0 unspecified atom stereocenters. The van der Waals surface area contributed by atoms with Crippen molar-refractivity contribution in [3.05, 3.63) is 23.8 Å². The highest BCUT2D eigenvalue weighted by Gasteiger charge is 2.24. The molecular weight excluding hydrogens is 440 g/mol. The van der Waals surface area contributed by atoms with Crippen molar-refractivity contribution in [3.63, 3.8) is 0 Å². The number of carbonyl (C=O) groups excluding carboxylic acids is 3. The van der Waals surface area contributed by atoms with Gasteiger partial charge in [-0.2, -0.15) is 0 Å². The molecule has 1 aromatic carbocycles. The Morgan fingerprint density at radius 3 is 2.41 bits per heavy atom. The molecule has 11 nitrogen and oxygen atoms in total. The molecule has 1 fully saturated rings. The first-order chi connectivity index (χ1) is 14.8. The maximum atomic E-state index is 12.8. The zero-order valence-corrected chi connectivity index (χ0v) is 19.5. The van der Waals surface area contributed by atoms with Gasteiger partial charge in [-0.05, 0) is 39.0 Å². The number of sulfonamides is 1. The average Bonchev–Trinajstić information content (AvgIpc) is 2.69. The Hall–Kier alpha value is -2.70. The number of rotatable bonds is 7. The number of anilines is 1. The van der Waals surface area contributed by atoms with E-state index in [0.717, 1.165) is 11.0 Å². The normalized spacial score (nSPS) is 14.6. The molecule has 178 valence electrons. The minimum Gasteiger partial charge on any atom is -0.452 e. The summed E-state index contributed by atoms with van der Waals surface area (Å²) in [7, 11) is -2.63. The Labute approximate surface area is 187 Å². The van der Waals surface area contributed by atoms with Crippen molar-refractivity contribution in [1.29, 1.82) is 0 Å². The fraction of sp³-hybridized carbons (Fsp3) is 0.550. The van der Waals surface area contributed by atoms with Gasteiger partial charge in [0, 0.05) is 25.7 Å². The number of ether oxygens (including phenoxy) is 2. The molecule has 0 saturated carbocycles. The molecule has 1 saturated heterocycles. The van der Waals surface area contributed by atoms with Crippen molar-refractivity contribution in [2.75, 3.05) is 51.4 Å². The molecule has 1 heterocycles. The Kier molecular flexibility index (Phi) is 8.21. The monoisotopic (exact) mass is 470 g/mol. The Balaban J connectivity index is 2.12.